The zero-order chi connectivity index (χ0) is 69.3. The molecule has 0 amide bonds. The average Bonchev–Trinajstić information content (AvgIpc) is 1.60. The number of fused-ring (bicyclic) bond motifs is 9. The molecule has 20 aromatic rings. The zero-order valence-corrected chi connectivity index (χ0v) is 57.1. The summed E-state index contributed by atoms with van der Waals surface area (Å²) >= 11 is 0. The number of aromatic nitrogens is 6. The van der Waals surface area contributed by atoms with Crippen LogP contribution in [0.1, 0.15) is 0 Å². The second kappa shape index (κ2) is 25.5. The standard InChI is InChI=1S/C99H64N6/c1-7-27-65(28-8-1)71-47-51-93-85(61-71)81-39-19-23-43-89(81)103(93)91-45-25-21-41-83(91)97-100-98(84-42-22-26-46-92(84)104-90-44-24-20-40-82(90)86-62-72(48-52-94(86)104)66-29-9-2-10-30-66)102-99(101-97)105-95-53-49-73(79-57-75(67-31-11-3-12-32-67)55-76(58-79)68-33-13-4-14-34-68)63-87(95)88-64-74(50-54-96(88)105)80-59-77(69-35-15-5-16-36-69)56-78(60-80)70-37-17-6-18-38-70/h1-64H. The Morgan fingerprint density at radius 3 is 0.724 bits per heavy atom. The second-order valence-corrected chi connectivity index (χ2v) is 27.1. The normalized spacial score (nSPS) is 11.6. The van der Waals surface area contributed by atoms with Crippen LogP contribution in [-0.2, 0) is 0 Å². The molecule has 0 N–H and O–H groups in total. The molecule has 0 bridgehead atoms. The highest BCUT2D eigenvalue weighted by atomic mass is 15.2. The molecule has 4 aromatic heterocycles. The van der Waals surface area contributed by atoms with E-state index in [0.29, 0.717) is 17.6 Å². The summed E-state index contributed by atoms with van der Waals surface area (Å²) in [7, 11) is 0. The molecule has 0 saturated heterocycles. The largest absolute Gasteiger partial charge is 0.309 e. The summed E-state index contributed by atoms with van der Waals surface area (Å²) in [6.45, 7) is 0. The van der Waals surface area contributed by atoms with Gasteiger partial charge in [0.2, 0.25) is 5.95 Å². The molecular weight excluding hydrogens is 1270 g/mol. The number of hydrogen-bond acceptors (Lipinski definition) is 3. The number of para-hydroxylation sites is 4. The highest BCUT2D eigenvalue weighted by Gasteiger charge is 2.26. The van der Waals surface area contributed by atoms with Gasteiger partial charge in [-0.05, 0) is 210 Å². The number of rotatable bonds is 13. The smallest absolute Gasteiger partial charge is 0.238 e. The van der Waals surface area contributed by atoms with Gasteiger partial charge in [0.05, 0.1) is 44.5 Å². The minimum atomic E-state index is 0.486. The van der Waals surface area contributed by atoms with E-state index in [2.05, 4.69) is 402 Å². The van der Waals surface area contributed by atoms with Gasteiger partial charge < -0.3 is 9.13 Å². The molecule has 0 saturated carbocycles. The van der Waals surface area contributed by atoms with Crippen LogP contribution in [0.2, 0.25) is 0 Å². The third-order valence-electron chi connectivity index (χ3n) is 20.9. The fraction of sp³-hybridized carbons (Fsp3) is 0. The monoisotopic (exact) mass is 1340 g/mol. The first kappa shape index (κ1) is 60.9. The van der Waals surface area contributed by atoms with Crippen LogP contribution >= 0.6 is 0 Å². The first-order valence-corrected chi connectivity index (χ1v) is 35.8. The lowest BCUT2D eigenvalue weighted by atomic mass is 9.92. The molecule has 0 aliphatic heterocycles. The van der Waals surface area contributed by atoms with Crippen LogP contribution in [-0.4, -0.2) is 28.7 Å². The Kier molecular flexibility index (Phi) is 14.8. The van der Waals surface area contributed by atoms with Gasteiger partial charge in [-0.25, -0.2) is 4.98 Å². The molecule has 6 nitrogen and oxygen atoms in total. The van der Waals surface area contributed by atoms with E-state index in [9.17, 15) is 0 Å². The molecule has 105 heavy (non-hydrogen) atoms. The zero-order valence-electron chi connectivity index (χ0n) is 57.1. The van der Waals surface area contributed by atoms with Crippen LogP contribution in [0.15, 0.2) is 388 Å². The van der Waals surface area contributed by atoms with Gasteiger partial charge in [0.25, 0.3) is 0 Å². The predicted octanol–water partition coefficient (Wildman–Crippen LogP) is 25.8. The lowest BCUT2D eigenvalue weighted by Gasteiger charge is -2.17. The van der Waals surface area contributed by atoms with Crippen molar-refractivity contribution in [3.8, 4) is 129 Å². The van der Waals surface area contributed by atoms with Gasteiger partial charge in [-0.2, -0.15) is 9.97 Å². The molecule has 16 aromatic carbocycles. The molecule has 0 radical (unpaired) electrons. The van der Waals surface area contributed by atoms with E-state index in [4.69, 9.17) is 15.0 Å². The predicted molar refractivity (Wildman–Crippen MR) is 437 cm³/mol. The topological polar surface area (TPSA) is 53.5 Å². The molecule has 0 spiro atoms. The average molecular weight is 1340 g/mol. The maximum absolute atomic E-state index is 5.85. The SMILES string of the molecule is c1ccc(-c2cc(-c3ccccc3)cc(-c3ccc4c(c3)c3cc(-c5cc(-c6ccccc6)cc(-c6ccccc6)c5)ccc3n4-c3nc(-c4ccccc4-n4c5ccccc5c5cc(-c6ccccc6)ccc54)nc(-c4ccccc4-n4c5ccccc5c5cc(-c6ccccc6)ccc54)n3)c2)cc1. The van der Waals surface area contributed by atoms with Gasteiger partial charge >= 0.3 is 0 Å². The van der Waals surface area contributed by atoms with E-state index >= 15 is 0 Å². The quantitative estimate of drug-likeness (QED) is 0.116. The number of hydrogen-bond donors (Lipinski definition) is 0. The maximum atomic E-state index is 5.85. The van der Waals surface area contributed by atoms with Gasteiger partial charge in [-0.15, -0.1) is 0 Å². The minimum absolute atomic E-state index is 0.486. The van der Waals surface area contributed by atoms with Crippen molar-refractivity contribution in [2.24, 2.45) is 0 Å². The van der Waals surface area contributed by atoms with Crippen molar-refractivity contribution < 1.29 is 0 Å². The van der Waals surface area contributed by atoms with E-state index in [1.807, 2.05) is 0 Å². The van der Waals surface area contributed by atoms with Gasteiger partial charge in [-0.3, -0.25) is 4.57 Å². The summed E-state index contributed by atoms with van der Waals surface area (Å²) in [5.74, 6) is 1.55. The van der Waals surface area contributed by atoms with Gasteiger partial charge in [0.1, 0.15) is 0 Å². The van der Waals surface area contributed by atoms with Crippen molar-refractivity contribution in [1.29, 1.82) is 0 Å². The van der Waals surface area contributed by atoms with E-state index in [1.165, 1.54) is 11.1 Å². The van der Waals surface area contributed by atoms with Crippen LogP contribution in [0.4, 0.5) is 0 Å². The first-order chi connectivity index (χ1) is 52.0. The summed E-state index contributed by atoms with van der Waals surface area (Å²) in [6.07, 6.45) is 0. The van der Waals surface area contributed by atoms with Crippen LogP contribution in [0.5, 0.6) is 0 Å². The number of benzene rings is 16. The molecule has 20 rings (SSSR count). The Hall–Kier alpha value is -14.1. The summed E-state index contributed by atoms with van der Waals surface area (Å²) in [5, 5.41) is 6.74. The molecule has 0 aliphatic rings. The van der Waals surface area contributed by atoms with E-state index in [1.54, 1.807) is 0 Å². The molecule has 0 aliphatic carbocycles. The highest BCUT2D eigenvalue weighted by molar-refractivity contribution is 6.14. The fourth-order valence-electron chi connectivity index (χ4n) is 15.9. The third kappa shape index (κ3) is 10.8. The first-order valence-electron chi connectivity index (χ1n) is 35.8. The lowest BCUT2D eigenvalue weighted by Crippen LogP contribution is -2.09. The Morgan fingerprint density at radius 1 is 0.152 bits per heavy atom. The van der Waals surface area contributed by atoms with E-state index in [-0.39, 0.29) is 0 Å². The van der Waals surface area contributed by atoms with Crippen molar-refractivity contribution >= 4 is 65.4 Å². The lowest BCUT2D eigenvalue weighted by molar-refractivity contribution is 0.950. The Labute approximate surface area is 607 Å². The summed E-state index contributed by atoms with van der Waals surface area (Å²) < 4.78 is 7.06. The maximum Gasteiger partial charge on any atom is 0.238 e. The second-order valence-electron chi connectivity index (χ2n) is 27.1. The summed E-state index contributed by atoms with van der Waals surface area (Å²) in [5.41, 5.74) is 28.1. The van der Waals surface area contributed by atoms with Crippen molar-refractivity contribution in [3.63, 3.8) is 0 Å². The van der Waals surface area contributed by atoms with Gasteiger partial charge in [0.15, 0.2) is 11.6 Å². The molecule has 0 unspecified atom stereocenters. The molecule has 6 heteroatoms. The molecule has 0 fully saturated rings. The fourth-order valence-corrected chi connectivity index (χ4v) is 15.9. The minimum Gasteiger partial charge on any atom is -0.309 e. The molecule has 4 heterocycles. The molecule has 490 valence electrons. The Balaban J connectivity index is 0.852. The highest BCUT2D eigenvalue weighted by Crippen LogP contribution is 2.45. The van der Waals surface area contributed by atoms with E-state index in [0.717, 1.165) is 166 Å². The summed E-state index contributed by atoms with van der Waals surface area (Å²) in [4.78, 5) is 17.5. The van der Waals surface area contributed by atoms with Crippen LogP contribution in [0, 0.1) is 0 Å². The third-order valence-corrected chi connectivity index (χ3v) is 20.9. The van der Waals surface area contributed by atoms with Crippen molar-refractivity contribution in [2.75, 3.05) is 0 Å². The van der Waals surface area contributed by atoms with Crippen LogP contribution in [0.3, 0.4) is 0 Å². The van der Waals surface area contributed by atoms with Crippen LogP contribution < -0.4 is 0 Å². The molecular formula is C99H64N6. The van der Waals surface area contributed by atoms with Crippen LogP contribution in [0.25, 0.3) is 195 Å². The van der Waals surface area contributed by atoms with Crippen molar-refractivity contribution in [3.05, 3.63) is 388 Å². The Bertz CT molecular complexity index is 6220. The van der Waals surface area contributed by atoms with Gasteiger partial charge in [-0.1, -0.05) is 267 Å². The van der Waals surface area contributed by atoms with E-state index < -0.39 is 0 Å². The molecule has 0 atom stereocenters. The Morgan fingerprint density at radius 2 is 0.390 bits per heavy atom. The number of nitrogens with zero attached hydrogens (tertiary/aromatic N) is 6. The van der Waals surface area contributed by atoms with Crippen molar-refractivity contribution in [1.82, 2.24) is 28.7 Å². The summed E-state index contributed by atoms with van der Waals surface area (Å²) in [6, 6.07) is 140. The van der Waals surface area contributed by atoms with Gasteiger partial charge in [0, 0.05) is 43.4 Å². The van der Waals surface area contributed by atoms with Crippen molar-refractivity contribution in [2.45, 2.75) is 0 Å².